The average Bonchev–Trinajstić information content (AvgIpc) is 2.20. The first-order valence-electron chi connectivity index (χ1n) is 5.30. The maximum absolute atomic E-state index is 4.17. The van der Waals surface area contributed by atoms with Crippen LogP contribution in [-0.4, -0.2) is 23.8 Å². The van der Waals surface area contributed by atoms with E-state index in [0.29, 0.717) is 0 Å². The first kappa shape index (κ1) is 8.79. The fourth-order valence-corrected chi connectivity index (χ4v) is 2.22. The molecule has 2 rings (SSSR count). The Morgan fingerprint density at radius 2 is 2.00 bits per heavy atom. The summed E-state index contributed by atoms with van der Waals surface area (Å²) in [6.07, 6.45) is 11.5. The molecule has 1 fully saturated rings. The minimum Gasteiger partial charge on any atom is -0.356 e. The minimum absolute atomic E-state index is 0.755. The van der Waals surface area contributed by atoms with Crippen molar-refractivity contribution in [2.24, 2.45) is 10.9 Å². The zero-order valence-electron chi connectivity index (χ0n) is 8.32. The Labute approximate surface area is 80.3 Å². The zero-order valence-corrected chi connectivity index (χ0v) is 8.32. The number of rotatable bonds is 1. The molecule has 0 spiro atoms. The van der Waals surface area contributed by atoms with E-state index in [0.717, 1.165) is 18.5 Å². The molecule has 0 bridgehead atoms. The molecule has 0 aromatic carbocycles. The van der Waals surface area contributed by atoms with Gasteiger partial charge < -0.3 is 4.90 Å². The third-order valence-electron chi connectivity index (χ3n) is 3.18. The average molecular weight is 178 g/mol. The molecule has 0 atom stereocenters. The molecule has 0 radical (unpaired) electrons. The quantitative estimate of drug-likeness (QED) is 0.602. The van der Waals surface area contributed by atoms with Crippen molar-refractivity contribution in [1.29, 1.82) is 0 Å². The van der Waals surface area contributed by atoms with Crippen molar-refractivity contribution < 1.29 is 0 Å². The summed E-state index contributed by atoms with van der Waals surface area (Å²) in [5.74, 6) is 0.938. The van der Waals surface area contributed by atoms with Gasteiger partial charge in [-0.25, -0.2) is 4.99 Å². The Bertz CT molecular complexity index is 212. The molecule has 2 aliphatic rings. The van der Waals surface area contributed by atoms with E-state index in [-0.39, 0.29) is 0 Å². The van der Waals surface area contributed by atoms with Crippen LogP contribution in [0.5, 0.6) is 0 Å². The fourth-order valence-electron chi connectivity index (χ4n) is 2.22. The van der Waals surface area contributed by atoms with Crippen LogP contribution in [0.2, 0.25) is 0 Å². The van der Waals surface area contributed by atoms with Crippen LogP contribution < -0.4 is 0 Å². The smallest absolute Gasteiger partial charge is 0.0910 e. The van der Waals surface area contributed by atoms with Gasteiger partial charge in [-0.1, -0.05) is 6.92 Å². The number of aliphatic imine (C=N–C) groups is 1. The van der Waals surface area contributed by atoms with Gasteiger partial charge in [0, 0.05) is 18.8 Å². The molecular weight excluding hydrogens is 160 g/mol. The third-order valence-corrected chi connectivity index (χ3v) is 3.18. The molecule has 0 unspecified atom stereocenters. The monoisotopic (exact) mass is 178 g/mol. The van der Waals surface area contributed by atoms with Gasteiger partial charge in [0.1, 0.15) is 0 Å². The molecule has 0 aromatic heterocycles. The molecule has 1 saturated carbocycles. The maximum atomic E-state index is 4.17. The predicted molar refractivity (Wildman–Crippen MR) is 55.8 cm³/mol. The van der Waals surface area contributed by atoms with E-state index in [4.69, 9.17) is 0 Å². The van der Waals surface area contributed by atoms with E-state index in [2.05, 4.69) is 22.9 Å². The van der Waals surface area contributed by atoms with Crippen molar-refractivity contribution >= 4 is 6.34 Å². The highest BCUT2D eigenvalue weighted by Gasteiger charge is 2.22. The van der Waals surface area contributed by atoms with Gasteiger partial charge in [-0.15, -0.1) is 0 Å². The molecule has 1 aliphatic heterocycles. The van der Waals surface area contributed by atoms with E-state index >= 15 is 0 Å². The summed E-state index contributed by atoms with van der Waals surface area (Å²) in [7, 11) is 0. The van der Waals surface area contributed by atoms with Crippen molar-refractivity contribution in [3.63, 3.8) is 0 Å². The highest BCUT2D eigenvalue weighted by molar-refractivity contribution is 5.58. The molecule has 1 heterocycles. The topological polar surface area (TPSA) is 15.6 Å². The second-order valence-corrected chi connectivity index (χ2v) is 4.26. The van der Waals surface area contributed by atoms with Gasteiger partial charge in [0.25, 0.3) is 0 Å². The molecule has 2 nitrogen and oxygen atoms in total. The predicted octanol–water partition coefficient (Wildman–Crippen LogP) is 2.42. The highest BCUT2D eigenvalue weighted by atomic mass is 15.2. The van der Waals surface area contributed by atoms with Crippen molar-refractivity contribution in [2.75, 3.05) is 6.54 Å². The van der Waals surface area contributed by atoms with Gasteiger partial charge in [0.05, 0.1) is 6.34 Å². The van der Waals surface area contributed by atoms with E-state index in [1.807, 2.05) is 12.5 Å². The van der Waals surface area contributed by atoms with Crippen LogP contribution in [0.3, 0.4) is 0 Å². The third kappa shape index (κ3) is 2.11. The van der Waals surface area contributed by atoms with Gasteiger partial charge in [-0.2, -0.15) is 0 Å². The Hall–Kier alpha value is -0.790. The standard InChI is InChI=1S/C11H18N2/c1-10-3-5-11(6-4-10)13-8-2-7-12-9-13/h2,7,9-11H,3-6,8H2,1H3. The first-order chi connectivity index (χ1) is 6.36. The van der Waals surface area contributed by atoms with Gasteiger partial charge in [0.2, 0.25) is 0 Å². The summed E-state index contributed by atoms with van der Waals surface area (Å²) in [5.41, 5.74) is 0. The lowest BCUT2D eigenvalue weighted by atomic mass is 9.87. The summed E-state index contributed by atoms with van der Waals surface area (Å²) in [4.78, 5) is 6.55. The SMILES string of the molecule is CC1CCC(N2C=NC=CC2)CC1. The molecule has 2 heteroatoms. The number of hydrogen-bond donors (Lipinski definition) is 0. The molecule has 72 valence electrons. The molecule has 0 saturated heterocycles. The number of nitrogens with zero attached hydrogens (tertiary/aromatic N) is 2. The van der Waals surface area contributed by atoms with Crippen LogP contribution in [0.25, 0.3) is 0 Å². The molecule has 0 amide bonds. The van der Waals surface area contributed by atoms with Crippen LogP contribution in [0.4, 0.5) is 0 Å². The van der Waals surface area contributed by atoms with Crippen LogP contribution in [-0.2, 0) is 0 Å². The van der Waals surface area contributed by atoms with Crippen molar-refractivity contribution in [3.05, 3.63) is 12.3 Å². The van der Waals surface area contributed by atoms with Gasteiger partial charge in [-0.3, -0.25) is 0 Å². The lowest BCUT2D eigenvalue weighted by molar-refractivity contribution is 0.229. The maximum Gasteiger partial charge on any atom is 0.0910 e. The van der Waals surface area contributed by atoms with E-state index in [9.17, 15) is 0 Å². The minimum atomic E-state index is 0.755. The van der Waals surface area contributed by atoms with E-state index in [1.165, 1.54) is 25.7 Å². The summed E-state index contributed by atoms with van der Waals surface area (Å²) in [6, 6.07) is 0.755. The first-order valence-corrected chi connectivity index (χ1v) is 5.30. The molecule has 0 N–H and O–H groups in total. The van der Waals surface area contributed by atoms with Gasteiger partial charge in [-0.05, 0) is 37.7 Å². The van der Waals surface area contributed by atoms with Crippen LogP contribution in [0, 0.1) is 5.92 Å². The van der Waals surface area contributed by atoms with Gasteiger partial charge in [0.15, 0.2) is 0 Å². The summed E-state index contributed by atoms with van der Waals surface area (Å²) >= 11 is 0. The Morgan fingerprint density at radius 3 is 2.62 bits per heavy atom. The number of hydrogen-bond acceptors (Lipinski definition) is 2. The van der Waals surface area contributed by atoms with Crippen molar-refractivity contribution in [3.8, 4) is 0 Å². The Morgan fingerprint density at radius 1 is 1.23 bits per heavy atom. The van der Waals surface area contributed by atoms with Gasteiger partial charge >= 0.3 is 0 Å². The molecule has 1 aliphatic carbocycles. The van der Waals surface area contributed by atoms with E-state index in [1.54, 1.807) is 0 Å². The summed E-state index contributed by atoms with van der Waals surface area (Å²) in [5, 5.41) is 0. The van der Waals surface area contributed by atoms with Crippen LogP contribution >= 0.6 is 0 Å². The Balaban J connectivity index is 1.87. The summed E-state index contributed by atoms with van der Waals surface area (Å²) < 4.78 is 0. The second-order valence-electron chi connectivity index (χ2n) is 4.26. The van der Waals surface area contributed by atoms with Crippen LogP contribution in [0.1, 0.15) is 32.6 Å². The van der Waals surface area contributed by atoms with Crippen LogP contribution in [0.15, 0.2) is 17.3 Å². The lowest BCUT2D eigenvalue weighted by Gasteiger charge is -2.34. The molecule has 13 heavy (non-hydrogen) atoms. The van der Waals surface area contributed by atoms with Crippen molar-refractivity contribution in [2.45, 2.75) is 38.6 Å². The largest absolute Gasteiger partial charge is 0.356 e. The Kier molecular flexibility index (Phi) is 2.67. The van der Waals surface area contributed by atoms with Crippen molar-refractivity contribution in [1.82, 2.24) is 4.90 Å². The second kappa shape index (κ2) is 3.95. The lowest BCUT2D eigenvalue weighted by Crippen LogP contribution is -2.37. The summed E-state index contributed by atoms with van der Waals surface area (Å²) in [6.45, 7) is 3.42. The molecule has 0 aromatic rings. The normalized spacial score (nSPS) is 33.8. The van der Waals surface area contributed by atoms with E-state index < -0.39 is 0 Å². The highest BCUT2D eigenvalue weighted by Crippen LogP contribution is 2.26. The zero-order chi connectivity index (χ0) is 9.10. The molecular formula is C11H18N2. The fraction of sp³-hybridized carbons (Fsp3) is 0.727.